The van der Waals surface area contributed by atoms with Gasteiger partial charge in [0, 0.05) is 12.7 Å². The van der Waals surface area contributed by atoms with Crippen LogP contribution in [0.25, 0.3) is 0 Å². The molecule has 7 nitrogen and oxygen atoms in total. The number of aryl methyl sites for hydroxylation is 1. The Labute approximate surface area is 126 Å². The maximum atomic E-state index is 12.1. The van der Waals surface area contributed by atoms with Crippen LogP contribution in [0.4, 0.5) is 5.69 Å². The van der Waals surface area contributed by atoms with E-state index >= 15 is 0 Å². The summed E-state index contributed by atoms with van der Waals surface area (Å²) in [4.78, 5) is 14.6. The summed E-state index contributed by atoms with van der Waals surface area (Å²) in [6.45, 7) is 2.45. The molecule has 0 aliphatic rings. The Kier molecular flexibility index (Phi) is 4.19. The van der Waals surface area contributed by atoms with E-state index in [2.05, 4.69) is 9.71 Å². The molecule has 1 aromatic carbocycles. The number of halogens is 1. The van der Waals surface area contributed by atoms with E-state index in [9.17, 15) is 13.2 Å². The van der Waals surface area contributed by atoms with E-state index in [-0.39, 0.29) is 21.3 Å². The van der Waals surface area contributed by atoms with Crippen molar-refractivity contribution in [1.29, 1.82) is 0 Å². The molecule has 9 heteroatoms. The largest absolute Gasteiger partial charge is 0.478 e. The number of rotatable bonds is 5. The molecule has 0 bridgehead atoms. The third kappa shape index (κ3) is 3.34. The van der Waals surface area contributed by atoms with Gasteiger partial charge >= 0.3 is 5.97 Å². The lowest BCUT2D eigenvalue weighted by Gasteiger charge is -2.08. The van der Waals surface area contributed by atoms with Crippen LogP contribution in [0.5, 0.6) is 0 Å². The van der Waals surface area contributed by atoms with Crippen molar-refractivity contribution in [2.45, 2.75) is 18.5 Å². The fourth-order valence-corrected chi connectivity index (χ4v) is 2.90. The SMILES string of the molecule is CCn1cnc(S(=O)(=O)Nc2ccc(C(=O)O)cc2Cl)c1. The Bertz CT molecular complexity index is 786. The number of benzene rings is 1. The topological polar surface area (TPSA) is 101 Å². The van der Waals surface area contributed by atoms with Crippen molar-refractivity contribution in [3.8, 4) is 0 Å². The van der Waals surface area contributed by atoms with E-state index in [1.807, 2.05) is 6.92 Å². The average Bonchev–Trinajstić information content (AvgIpc) is 2.90. The van der Waals surface area contributed by atoms with Crippen LogP contribution in [0, 0.1) is 0 Å². The summed E-state index contributed by atoms with van der Waals surface area (Å²) < 4.78 is 28.2. The van der Waals surface area contributed by atoms with Crippen LogP contribution in [-0.4, -0.2) is 29.0 Å². The minimum absolute atomic E-state index is 0.00611. The highest BCUT2D eigenvalue weighted by atomic mass is 35.5. The second kappa shape index (κ2) is 5.74. The predicted molar refractivity (Wildman–Crippen MR) is 77.1 cm³/mol. The van der Waals surface area contributed by atoms with Gasteiger partial charge in [0.15, 0.2) is 5.03 Å². The number of imidazole rings is 1. The van der Waals surface area contributed by atoms with Crippen molar-refractivity contribution < 1.29 is 18.3 Å². The number of carbonyl (C=O) groups is 1. The Hall–Kier alpha value is -2.06. The molecular formula is C12H12ClN3O4S. The number of aromatic carboxylic acids is 1. The summed E-state index contributed by atoms with van der Waals surface area (Å²) in [6, 6.07) is 3.73. The van der Waals surface area contributed by atoms with Crippen LogP contribution < -0.4 is 4.72 Å². The number of hydrogen-bond acceptors (Lipinski definition) is 4. The van der Waals surface area contributed by atoms with Crippen molar-refractivity contribution in [3.63, 3.8) is 0 Å². The van der Waals surface area contributed by atoms with Crippen LogP contribution >= 0.6 is 11.6 Å². The number of carboxylic acid groups (broad SMARTS) is 1. The summed E-state index contributed by atoms with van der Waals surface area (Å²) in [5, 5.41) is 8.69. The maximum Gasteiger partial charge on any atom is 0.335 e. The van der Waals surface area contributed by atoms with Crippen molar-refractivity contribution in [2.75, 3.05) is 4.72 Å². The molecule has 2 rings (SSSR count). The molecule has 0 spiro atoms. The van der Waals surface area contributed by atoms with Gasteiger partial charge in [-0.15, -0.1) is 0 Å². The highest BCUT2D eigenvalue weighted by Crippen LogP contribution is 2.25. The van der Waals surface area contributed by atoms with Gasteiger partial charge in [0.25, 0.3) is 10.0 Å². The van der Waals surface area contributed by atoms with Gasteiger partial charge in [-0.2, -0.15) is 8.42 Å². The van der Waals surface area contributed by atoms with Crippen molar-refractivity contribution >= 4 is 33.3 Å². The molecule has 0 amide bonds. The second-order valence-electron chi connectivity index (χ2n) is 4.15. The van der Waals surface area contributed by atoms with Gasteiger partial charge in [-0.05, 0) is 25.1 Å². The number of aromatic nitrogens is 2. The highest BCUT2D eigenvalue weighted by molar-refractivity contribution is 7.92. The van der Waals surface area contributed by atoms with E-state index in [0.29, 0.717) is 6.54 Å². The van der Waals surface area contributed by atoms with E-state index in [4.69, 9.17) is 16.7 Å². The van der Waals surface area contributed by atoms with Gasteiger partial charge in [0.05, 0.1) is 22.6 Å². The summed E-state index contributed by atoms with van der Waals surface area (Å²) in [6.07, 6.45) is 2.80. The van der Waals surface area contributed by atoms with E-state index in [1.165, 1.54) is 30.7 Å². The fourth-order valence-electron chi connectivity index (χ4n) is 1.58. The molecule has 1 heterocycles. The van der Waals surface area contributed by atoms with Crippen LogP contribution in [0.3, 0.4) is 0 Å². The summed E-state index contributed by atoms with van der Waals surface area (Å²) in [5.41, 5.74) is 0.0610. The van der Waals surface area contributed by atoms with Gasteiger partial charge < -0.3 is 9.67 Å². The van der Waals surface area contributed by atoms with Crippen molar-refractivity contribution in [3.05, 3.63) is 41.3 Å². The minimum atomic E-state index is -3.87. The lowest BCUT2D eigenvalue weighted by atomic mass is 10.2. The molecule has 0 unspecified atom stereocenters. The third-order valence-corrected chi connectivity index (χ3v) is 4.27. The number of nitrogens with zero attached hydrogens (tertiary/aromatic N) is 2. The Morgan fingerprint density at radius 1 is 1.48 bits per heavy atom. The third-order valence-electron chi connectivity index (χ3n) is 2.71. The molecule has 0 atom stereocenters. The van der Waals surface area contributed by atoms with Crippen molar-refractivity contribution in [2.24, 2.45) is 0 Å². The first-order valence-electron chi connectivity index (χ1n) is 5.91. The molecule has 1 aromatic heterocycles. The molecule has 0 fully saturated rings. The molecule has 2 N–H and O–H groups in total. The number of nitrogens with one attached hydrogen (secondary N) is 1. The summed E-state index contributed by atoms with van der Waals surface area (Å²) >= 11 is 5.88. The van der Waals surface area contributed by atoms with Crippen LogP contribution in [-0.2, 0) is 16.6 Å². The average molecular weight is 330 g/mol. The Morgan fingerprint density at radius 2 is 2.19 bits per heavy atom. The first kappa shape index (κ1) is 15.3. The zero-order chi connectivity index (χ0) is 15.6. The smallest absolute Gasteiger partial charge is 0.335 e. The fraction of sp³-hybridized carbons (Fsp3) is 0.167. The van der Waals surface area contributed by atoms with E-state index < -0.39 is 16.0 Å². The molecular weight excluding hydrogens is 318 g/mol. The first-order chi connectivity index (χ1) is 9.83. The standard InChI is InChI=1S/C12H12ClN3O4S/c1-2-16-6-11(14-7-16)21(19,20)15-10-4-3-8(12(17)18)5-9(10)13/h3-7,15H,2H2,1H3,(H,17,18). The zero-order valence-electron chi connectivity index (χ0n) is 10.9. The number of sulfonamides is 1. The molecule has 0 aliphatic heterocycles. The number of anilines is 1. The van der Waals surface area contributed by atoms with Gasteiger partial charge in [0.2, 0.25) is 0 Å². The zero-order valence-corrected chi connectivity index (χ0v) is 12.5. The number of carboxylic acids is 1. The van der Waals surface area contributed by atoms with Crippen LogP contribution in [0.2, 0.25) is 5.02 Å². The minimum Gasteiger partial charge on any atom is -0.478 e. The maximum absolute atomic E-state index is 12.1. The summed E-state index contributed by atoms with van der Waals surface area (Å²) in [7, 11) is -3.87. The molecule has 0 saturated carbocycles. The van der Waals surface area contributed by atoms with Crippen LogP contribution in [0.15, 0.2) is 35.7 Å². The monoisotopic (exact) mass is 329 g/mol. The molecule has 2 aromatic rings. The Balaban J connectivity index is 2.30. The molecule has 0 aliphatic carbocycles. The normalized spacial score (nSPS) is 11.3. The molecule has 112 valence electrons. The van der Waals surface area contributed by atoms with Gasteiger partial charge in [-0.25, -0.2) is 9.78 Å². The van der Waals surface area contributed by atoms with Gasteiger partial charge in [0.1, 0.15) is 0 Å². The van der Waals surface area contributed by atoms with Gasteiger partial charge in [-0.1, -0.05) is 11.6 Å². The van der Waals surface area contributed by atoms with E-state index in [0.717, 1.165) is 0 Å². The lowest BCUT2D eigenvalue weighted by Crippen LogP contribution is -2.14. The van der Waals surface area contributed by atoms with Crippen molar-refractivity contribution in [1.82, 2.24) is 9.55 Å². The van der Waals surface area contributed by atoms with Gasteiger partial charge in [-0.3, -0.25) is 4.72 Å². The summed E-state index contributed by atoms with van der Waals surface area (Å²) in [5.74, 6) is -1.15. The predicted octanol–water partition coefficient (Wildman–Crippen LogP) is 2.06. The Morgan fingerprint density at radius 3 is 2.71 bits per heavy atom. The molecule has 0 radical (unpaired) electrons. The quantitative estimate of drug-likeness (QED) is 0.874. The molecule has 0 saturated heterocycles. The van der Waals surface area contributed by atoms with E-state index in [1.54, 1.807) is 4.57 Å². The van der Waals surface area contributed by atoms with Crippen LogP contribution in [0.1, 0.15) is 17.3 Å². The molecule has 21 heavy (non-hydrogen) atoms. The highest BCUT2D eigenvalue weighted by Gasteiger charge is 2.19. The number of hydrogen-bond donors (Lipinski definition) is 2. The first-order valence-corrected chi connectivity index (χ1v) is 7.77. The second-order valence-corrected chi connectivity index (χ2v) is 6.18. The lowest BCUT2D eigenvalue weighted by molar-refractivity contribution is 0.0697.